The number of halogens is 3. The predicted molar refractivity (Wildman–Crippen MR) is 137 cm³/mol. The van der Waals surface area contributed by atoms with E-state index in [2.05, 4.69) is 9.97 Å². The molecule has 3 aromatic rings. The fraction of sp³-hybridized carbons (Fsp3) is 0.417. The van der Waals surface area contributed by atoms with Crippen molar-refractivity contribution in [1.82, 2.24) is 14.9 Å². The fourth-order valence-electron chi connectivity index (χ4n) is 3.91. The number of Topliss-reactive ketones (excluding diaryl/α,β-unsaturated/α-hetero) is 1. The number of carbonyl (C=O) groups excluding carboxylic acids is 2. The number of thiazole rings is 2. The van der Waals surface area contributed by atoms with E-state index in [1.165, 1.54) is 34.8 Å². The van der Waals surface area contributed by atoms with E-state index in [-0.39, 0.29) is 37.6 Å². The molecule has 0 radical (unpaired) electrons. The third-order valence-corrected chi connectivity index (χ3v) is 9.34. The normalized spacial score (nSPS) is 14.5. The lowest BCUT2D eigenvalue weighted by Crippen LogP contribution is -2.40. The average Bonchev–Trinajstić information content (AvgIpc) is 3.54. The zero-order valence-corrected chi connectivity index (χ0v) is 22.9. The van der Waals surface area contributed by atoms with Gasteiger partial charge in [0.15, 0.2) is 0 Å². The van der Waals surface area contributed by atoms with Crippen molar-refractivity contribution < 1.29 is 41.0 Å². The quantitative estimate of drug-likeness (QED) is 0.375. The number of ketones is 1. The molecule has 0 saturated carbocycles. The minimum absolute atomic E-state index is 0.00333. The number of aliphatic hydroxyl groups excluding tert-OH is 1. The number of benzene rings is 1. The van der Waals surface area contributed by atoms with Crippen molar-refractivity contribution >= 4 is 44.2 Å². The van der Waals surface area contributed by atoms with Crippen LogP contribution in [0.25, 0.3) is 10.6 Å². The van der Waals surface area contributed by atoms with Crippen LogP contribution in [0, 0.1) is 0 Å². The molecule has 15 heteroatoms. The van der Waals surface area contributed by atoms with E-state index in [1.54, 1.807) is 10.3 Å². The monoisotopic (exact) mass is 603 g/mol. The smallest absolute Gasteiger partial charge is 0.389 e. The molecule has 39 heavy (non-hydrogen) atoms. The summed E-state index contributed by atoms with van der Waals surface area (Å²) in [6, 6.07) is 4.03. The number of sulfone groups is 1. The van der Waals surface area contributed by atoms with Crippen LogP contribution in [-0.2, 0) is 50.0 Å². The molecule has 3 heterocycles. The molecule has 2 aromatic heterocycles. The summed E-state index contributed by atoms with van der Waals surface area (Å²) in [6.45, 7) is 1.85. The summed E-state index contributed by atoms with van der Waals surface area (Å²) in [5.41, 5.74) is -3.81. The van der Waals surface area contributed by atoms with Gasteiger partial charge in [0.1, 0.15) is 15.8 Å². The molecule has 0 bridgehead atoms. The highest BCUT2D eigenvalue weighted by molar-refractivity contribution is 7.92. The molecule has 1 aromatic carbocycles. The summed E-state index contributed by atoms with van der Waals surface area (Å²) in [6.07, 6.45) is 0.489. The van der Waals surface area contributed by atoms with Crippen LogP contribution in [0.5, 0.6) is 0 Å². The molecule has 1 aliphatic rings. The molecule has 0 aliphatic carbocycles. The second-order valence-electron chi connectivity index (χ2n) is 8.65. The standard InChI is InChI=1S/C24H24F3N3O6S3/c25-24(26,27)39(34,35)17-3-1-15(2-4-17)11-16(32)12-20-29-19(14-37-20)23-18(28-21(13-31)38-23)5-6-22(33)30-7-9-36-10-8-30/h1-4,14,31H,5-13H2. The Labute approximate surface area is 230 Å². The van der Waals surface area contributed by atoms with Crippen molar-refractivity contribution in [2.45, 2.75) is 42.7 Å². The van der Waals surface area contributed by atoms with E-state index >= 15 is 0 Å². The number of rotatable bonds is 10. The lowest BCUT2D eigenvalue weighted by molar-refractivity contribution is -0.135. The van der Waals surface area contributed by atoms with Crippen LogP contribution < -0.4 is 0 Å². The second-order valence-corrected chi connectivity index (χ2v) is 12.6. The molecule has 0 unspecified atom stereocenters. The topological polar surface area (TPSA) is 127 Å². The zero-order valence-electron chi connectivity index (χ0n) is 20.4. The molecule has 210 valence electrons. The highest BCUT2D eigenvalue weighted by Gasteiger charge is 2.46. The Morgan fingerprint density at radius 2 is 1.74 bits per heavy atom. The summed E-state index contributed by atoms with van der Waals surface area (Å²) in [7, 11) is -5.45. The Morgan fingerprint density at radius 3 is 2.38 bits per heavy atom. The molecule has 1 saturated heterocycles. The number of amides is 1. The minimum atomic E-state index is -5.45. The summed E-state index contributed by atoms with van der Waals surface area (Å²) in [5.74, 6) is -0.254. The third kappa shape index (κ3) is 7.08. The van der Waals surface area contributed by atoms with Gasteiger partial charge in [-0.25, -0.2) is 18.4 Å². The second kappa shape index (κ2) is 12.2. The van der Waals surface area contributed by atoms with Gasteiger partial charge in [-0.3, -0.25) is 9.59 Å². The Balaban J connectivity index is 1.39. The van der Waals surface area contributed by atoms with Crippen molar-refractivity contribution in [3.8, 4) is 10.6 Å². The van der Waals surface area contributed by atoms with E-state index in [0.717, 1.165) is 12.1 Å². The predicted octanol–water partition coefficient (Wildman–Crippen LogP) is 3.20. The summed E-state index contributed by atoms with van der Waals surface area (Å²) < 4.78 is 66.4. The molecule has 1 fully saturated rings. The van der Waals surface area contributed by atoms with Crippen LogP contribution in [0.15, 0.2) is 34.5 Å². The molecule has 1 aliphatic heterocycles. The lowest BCUT2D eigenvalue weighted by atomic mass is 10.1. The number of hydrogen-bond donors (Lipinski definition) is 1. The van der Waals surface area contributed by atoms with Crippen LogP contribution in [0.3, 0.4) is 0 Å². The van der Waals surface area contributed by atoms with Crippen molar-refractivity contribution in [1.29, 1.82) is 0 Å². The minimum Gasteiger partial charge on any atom is -0.389 e. The van der Waals surface area contributed by atoms with Gasteiger partial charge in [0.05, 0.1) is 47.4 Å². The first kappa shape index (κ1) is 29.3. The summed E-state index contributed by atoms with van der Waals surface area (Å²) >= 11 is 2.52. The number of morpholine rings is 1. The molecule has 0 atom stereocenters. The highest BCUT2D eigenvalue weighted by atomic mass is 32.2. The number of aryl methyl sites for hydroxylation is 1. The molecule has 1 amide bonds. The number of hydrogen-bond acceptors (Lipinski definition) is 10. The van der Waals surface area contributed by atoms with Crippen LogP contribution in [0.2, 0.25) is 0 Å². The van der Waals surface area contributed by atoms with E-state index in [1.807, 2.05) is 0 Å². The van der Waals surface area contributed by atoms with E-state index in [4.69, 9.17) is 4.74 Å². The Hall–Kier alpha value is -2.72. The van der Waals surface area contributed by atoms with Crippen LogP contribution in [-0.4, -0.2) is 71.9 Å². The van der Waals surface area contributed by atoms with Crippen molar-refractivity contribution in [3.63, 3.8) is 0 Å². The van der Waals surface area contributed by atoms with Crippen LogP contribution in [0.1, 0.15) is 27.7 Å². The Kier molecular flexibility index (Phi) is 9.16. The van der Waals surface area contributed by atoms with E-state index in [9.17, 15) is 36.3 Å². The van der Waals surface area contributed by atoms with Gasteiger partial charge in [0, 0.05) is 31.3 Å². The number of aliphatic hydroxyl groups is 1. The van der Waals surface area contributed by atoms with Crippen LogP contribution in [0.4, 0.5) is 13.2 Å². The first-order valence-corrected chi connectivity index (χ1v) is 15.0. The molecule has 9 nitrogen and oxygen atoms in total. The first-order chi connectivity index (χ1) is 18.5. The summed E-state index contributed by atoms with van der Waals surface area (Å²) in [4.78, 5) is 35.7. The van der Waals surface area contributed by atoms with Crippen molar-refractivity contribution in [2.75, 3.05) is 26.3 Å². The van der Waals surface area contributed by atoms with Crippen molar-refractivity contribution in [2.24, 2.45) is 0 Å². The summed E-state index contributed by atoms with van der Waals surface area (Å²) in [5, 5.41) is 12.3. The number of carbonyl (C=O) groups is 2. The maximum Gasteiger partial charge on any atom is 0.501 e. The van der Waals surface area contributed by atoms with Gasteiger partial charge in [0.25, 0.3) is 9.84 Å². The number of nitrogens with zero attached hydrogens (tertiary/aromatic N) is 3. The van der Waals surface area contributed by atoms with Crippen molar-refractivity contribution in [3.05, 3.63) is 50.9 Å². The lowest BCUT2D eigenvalue weighted by Gasteiger charge is -2.26. The zero-order chi connectivity index (χ0) is 28.2. The molecule has 0 spiro atoms. The Morgan fingerprint density at radius 1 is 1.05 bits per heavy atom. The van der Waals surface area contributed by atoms with Crippen LogP contribution >= 0.6 is 22.7 Å². The molecular formula is C24H24F3N3O6S3. The van der Waals surface area contributed by atoms with Gasteiger partial charge in [-0.05, 0) is 24.1 Å². The highest BCUT2D eigenvalue weighted by Crippen LogP contribution is 2.33. The van der Waals surface area contributed by atoms with Gasteiger partial charge in [-0.15, -0.1) is 22.7 Å². The maximum atomic E-state index is 12.7. The Bertz CT molecular complexity index is 1430. The average molecular weight is 604 g/mol. The third-order valence-electron chi connectivity index (χ3n) is 5.89. The van der Waals surface area contributed by atoms with E-state index in [0.29, 0.717) is 64.6 Å². The van der Waals surface area contributed by atoms with Gasteiger partial charge in [-0.1, -0.05) is 12.1 Å². The maximum absolute atomic E-state index is 12.7. The number of aromatic nitrogens is 2. The van der Waals surface area contributed by atoms with Gasteiger partial charge < -0.3 is 14.7 Å². The SMILES string of the molecule is O=C(Cc1ccc(S(=O)(=O)C(F)(F)F)cc1)Cc1nc(-c2sc(CO)nc2CCC(=O)N2CCOCC2)cs1. The first-order valence-electron chi connectivity index (χ1n) is 11.8. The molecule has 4 rings (SSSR count). The number of ether oxygens (including phenoxy) is 1. The van der Waals surface area contributed by atoms with Gasteiger partial charge in [-0.2, -0.15) is 13.2 Å². The largest absolute Gasteiger partial charge is 0.501 e. The molecule has 1 N–H and O–H groups in total. The van der Waals surface area contributed by atoms with Gasteiger partial charge in [0.2, 0.25) is 5.91 Å². The van der Waals surface area contributed by atoms with E-state index < -0.39 is 20.2 Å². The fourth-order valence-corrected chi connectivity index (χ4v) is 6.49. The molecular weight excluding hydrogens is 579 g/mol. The number of alkyl halides is 3. The van der Waals surface area contributed by atoms with Gasteiger partial charge >= 0.3 is 5.51 Å².